The summed E-state index contributed by atoms with van der Waals surface area (Å²) in [7, 11) is 0. The maximum atomic E-state index is 11.0. The van der Waals surface area contributed by atoms with Crippen molar-refractivity contribution in [1.82, 2.24) is 0 Å². The minimum absolute atomic E-state index is 0. The van der Waals surface area contributed by atoms with E-state index < -0.39 is 5.97 Å². The van der Waals surface area contributed by atoms with Crippen molar-refractivity contribution in [2.45, 2.75) is 6.54 Å². The fourth-order valence-electron chi connectivity index (χ4n) is 2.50. The lowest BCUT2D eigenvalue weighted by molar-refractivity contribution is -0.688. The first-order valence-electron chi connectivity index (χ1n) is 7.85. The molecule has 0 aliphatic carbocycles. The van der Waals surface area contributed by atoms with Gasteiger partial charge in [0.25, 0.3) is 0 Å². The number of benzene rings is 2. The van der Waals surface area contributed by atoms with Crippen molar-refractivity contribution in [3.05, 3.63) is 100 Å². The molecule has 1 N–H and O–H groups in total. The first-order valence-corrected chi connectivity index (χ1v) is 8.23. The molecule has 0 radical (unpaired) electrons. The largest absolute Gasteiger partial charge is 1.00 e. The van der Waals surface area contributed by atoms with Crippen LogP contribution in [0, 0.1) is 0 Å². The van der Waals surface area contributed by atoms with Crippen LogP contribution < -0.4 is 17.0 Å². The van der Waals surface area contributed by atoms with Crippen LogP contribution in [0.2, 0.25) is 5.02 Å². The van der Waals surface area contributed by atoms with Gasteiger partial charge in [0.2, 0.25) is 0 Å². The molecule has 5 heteroatoms. The summed E-state index contributed by atoms with van der Waals surface area (Å²) in [5.41, 5.74) is 3.39. The Labute approximate surface area is 163 Å². The summed E-state index contributed by atoms with van der Waals surface area (Å²) in [6.07, 6.45) is 8.00. The highest BCUT2D eigenvalue weighted by molar-refractivity contribution is 6.30. The zero-order valence-electron chi connectivity index (χ0n) is 13.8. The van der Waals surface area contributed by atoms with Gasteiger partial charge in [0.15, 0.2) is 18.9 Å². The number of carbonyl (C=O) groups is 1. The van der Waals surface area contributed by atoms with Crippen LogP contribution in [0.3, 0.4) is 0 Å². The highest BCUT2D eigenvalue weighted by atomic mass is 35.5. The molecule has 3 rings (SSSR count). The van der Waals surface area contributed by atoms with Gasteiger partial charge in [-0.1, -0.05) is 48.0 Å². The van der Waals surface area contributed by atoms with Crippen molar-refractivity contribution < 1.29 is 26.9 Å². The van der Waals surface area contributed by atoms with Crippen molar-refractivity contribution in [3.63, 3.8) is 0 Å². The highest BCUT2D eigenvalue weighted by Crippen LogP contribution is 2.13. The van der Waals surface area contributed by atoms with E-state index in [0.717, 1.165) is 21.7 Å². The Kier molecular flexibility index (Phi) is 6.96. The van der Waals surface area contributed by atoms with Gasteiger partial charge in [-0.3, -0.25) is 0 Å². The Bertz CT molecular complexity index is 921. The molecule has 0 fully saturated rings. The molecule has 0 aliphatic heterocycles. The molecule has 3 aromatic rings. The Hall–Kier alpha value is -2.62. The van der Waals surface area contributed by atoms with Crippen molar-refractivity contribution in [1.29, 1.82) is 0 Å². The molecule has 0 spiro atoms. The smallest absolute Gasteiger partial charge is 0.335 e. The van der Waals surface area contributed by atoms with Crippen LogP contribution in [0.25, 0.3) is 12.2 Å². The highest BCUT2D eigenvalue weighted by Gasteiger charge is 2.07. The molecule has 0 unspecified atom stereocenters. The number of aromatic nitrogens is 1. The fraction of sp³-hybridized carbons (Fsp3) is 0.0476. The number of hydrogen-bond acceptors (Lipinski definition) is 1. The van der Waals surface area contributed by atoms with Gasteiger partial charge in [0, 0.05) is 22.7 Å². The molecule has 26 heavy (non-hydrogen) atoms. The Morgan fingerprint density at radius 3 is 2.35 bits per heavy atom. The van der Waals surface area contributed by atoms with Crippen LogP contribution in [0.1, 0.15) is 27.0 Å². The van der Waals surface area contributed by atoms with Gasteiger partial charge in [0.05, 0.1) is 5.56 Å². The summed E-state index contributed by atoms with van der Waals surface area (Å²) in [4.78, 5) is 11.0. The third-order valence-corrected chi connectivity index (χ3v) is 4.01. The number of hydrogen-bond donors (Lipinski definition) is 1. The average Bonchev–Trinajstić information content (AvgIpc) is 2.61. The summed E-state index contributed by atoms with van der Waals surface area (Å²) in [6, 6.07) is 18.7. The van der Waals surface area contributed by atoms with E-state index in [2.05, 4.69) is 0 Å². The molecule has 0 saturated heterocycles. The first kappa shape index (κ1) is 19.7. The third kappa shape index (κ3) is 5.45. The quantitative estimate of drug-likeness (QED) is 0.677. The van der Waals surface area contributed by atoms with E-state index in [9.17, 15) is 4.79 Å². The van der Waals surface area contributed by atoms with Gasteiger partial charge >= 0.3 is 5.97 Å². The zero-order chi connectivity index (χ0) is 17.6. The molecule has 0 aliphatic rings. The predicted molar refractivity (Wildman–Crippen MR) is 99.5 cm³/mol. The van der Waals surface area contributed by atoms with Gasteiger partial charge in [-0.15, -0.1) is 0 Å². The SMILES string of the molecule is O=C(O)c1cccc(C[n+]2ccc(/C=C\c3cccc(Cl)c3)cc2)c1.[Cl-]. The van der Waals surface area contributed by atoms with E-state index >= 15 is 0 Å². The lowest BCUT2D eigenvalue weighted by atomic mass is 10.1. The van der Waals surface area contributed by atoms with E-state index in [-0.39, 0.29) is 12.4 Å². The van der Waals surface area contributed by atoms with Crippen LogP contribution in [0.15, 0.2) is 73.1 Å². The van der Waals surface area contributed by atoms with Crippen LogP contribution in [0.4, 0.5) is 0 Å². The second kappa shape index (κ2) is 9.18. The van der Waals surface area contributed by atoms with Crippen molar-refractivity contribution in [3.8, 4) is 0 Å². The third-order valence-electron chi connectivity index (χ3n) is 3.77. The van der Waals surface area contributed by atoms with Crippen LogP contribution in [-0.4, -0.2) is 11.1 Å². The first-order chi connectivity index (χ1) is 12.1. The number of nitrogens with zero attached hydrogens (tertiary/aromatic N) is 1. The normalized spacial score (nSPS) is 10.5. The molecule has 3 nitrogen and oxygen atoms in total. The van der Waals surface area contributed by atoms with Gasteiger partial charge in [-0.2, -0.15) is 0 Å². The average molecular weight is 386 g/mol. The van der Waals surface area contributed by atoms with Crippen LogP contribution in [0.5, 0.6) is 0 Å². The minimum atomic E-state index is -0.909. The van der Waals surface area contributed by atoms with Crippen LogP contribution >= 0.6 is 11.6 Å². The summed E-state index contributed by atoms with van der Waals surface area (Å²) >= 11 is 5.98. The van der Waals surface area contributed by atoms with Crippen molar-refractivity contribution in [2.24, 2.45) is 0 Å². The van der Waals surface area contributed by atoms with E-state index in [1.807, 2.05) is 71.6 Å². The second-order valence-electron chi connectivity index (χ2n) is 5.70. The predicted octanol–water partition coefficient (Wildman–Crippen LogP) is 1.55. The number of carboxylic acid groups (broad SMARTS) is 1. The molecule has 1 aromatic heterocycles. The van der Waals surface area contributed by atoms with Gasteiger partial charge in [-0.25, -0.2) is 9.36 Å². The van der Waals surface area contributed by atoms with E-state index in [1.165, 1.54) is 0 Å². The number of aromatic carboxylic acids is 1. The summed E-state index contributed by atoms with van der Waals surface area (Å²) in [5, 5.41) is 9.78. The fourth-order valence-corrected chi connectivity index (χ4v) is 2.70. The van der Waals surface area contributed by atoms with E-state index in [4.69, 9.17) is 16.7 Å². The molecule has 0 saturated carbocycles. The topological polar surface area (TPSA) is 41.2 Å². The molecule has 0 bridgehead atoms. The zero-order valence-corrected chi connectivity index (χ0v) is 15.4. The minimum Gasteiger partial charge on any atom is -1.00 e. The Morgan fingerprint density at radius 2 is 1.65 bits per heavy atom. The number of pyridine rings is 1. The van der Waals surface area contributed by atoms with E-state index in [0.29, 0.717) is 12.1 Å². The Morgan fingerprint density at radius 1 is 0.962 bits per heavy atom. The lowest BCUT2D eigenvalue weighted by Gasteiger charge is -2.00. The molecular formula is C21H17Cl2NO2. The maximum absolute atomic E-state index is 11.0. The van der Waals surface area contributed by atoms with Crippen molar-refractivity contribution in [2.75, 3.05) is 0 Å². The summed E-state index contributed by atoms with van der Waals surface area (Å²) in [5.74, 6) is -0.909. The lowest BCUT2D eigenvalue weighted by Crippen LogP contribution is -3.00. The summed E-state index contributed by atoms with van der Waals surface area (Å²) < 4.78 is 2.01. The van der Waals surface area contributed by atoms with E-state index in [1.54, 1.807) is 18.2 Å². The monoisotopic (exact) mass is 385 g/mol. The molecular weight excluding hydrogens is 369 g/mol. The molecule has 0 amide bonds. The summed E-state index contributed by atoms with van der Waals surface area (Å²) in [6.45, 7) is 0.624. The maximum Gasteiger partial charge on any atom is 0.335 e. The molecule has 1 heterocycles. The molecule has 2 aromatic carbocycles. The van der Waals surface area contributed by atoms with Crippen molar-refractivity contribution >= 4 is 29.7 Å². The van der Waals surface area contributed by atoms with Gasteiger partial charge < -0.3 is 17.5 Å². The van der Waals surface area contributed by atoms with Crippen LogP contribution in [-0.2, 0) is 6.54 Å². The Balaban J connectivity index is 0.00000243. The van der Waals surface area contributed by atoms with Gasteiger partial charge in [-0.05, 0) is 35.4 Å². The number of rotatable bonds is 5. The second-order valence-corrected chi connectivity index (χ2v) is 6.13. The standard InChI is InChI=1S/C21H16ClNO2.ClH/c22-20-6-2-3-17(14-20)8-7-16-9-11-23(12-10-16)15-18-4-1-5-19(13-18)21(24)25;/h1-14H,15H2;1H/b8-7-;. The molecule has 0 atom stereocenters. The van der Waals surface area contributed by atoms with Gasteiger partial charge in [0.1, 0.15) is 0 Å². The number of carboxylic acids is 1. The number of halogens is 2. The molecule has 132 valence electrons.